The van der Waals surface area contributed by atoms with Gasteiger partial charge in [-0.2, -0.15) is 0 Å². The van der Waals surface area contributed by atoms with E-state index < -0.39 is 0 Å². The van der Waals surface area contributed by atoms with Crippen molar-refractivity contribution in [2.24, 2.45) is 5.11 Å². The van der Waals surface area contributed by atoms with Gasteiger partial charge in [0.2, 0.25) is 0 Å². The summed E-state index contributed by atoms with van der Waals surface area (Å²) in [6, 6.07) is 6.43. The molecule has 0 heterocycles. The first kappa shape index (κ1) is 15.5. The maximum Gasteiger partial charge on any atom is 0.319 e. The van der Waals surface area contributed by atoms with Crippen LogP contribution >= 0.6 is 0 Å². The van der Waals surface area contributed by atoms with Crippen molar-refractivity contribution in [3.8, 4) is 0 Å². The number of amides is 2. The van der Waals surface area contributed by atoms with Crippen LogP contribution in [-0.4, -0.2) is 24.9 Å². The lowest BCUT2D eigenvalue weighted by Crippen LogP contribution is -2.29. The van der Waals surface area contributed by atoms with Crippen molar-refractivity contribution in [1.82, 2.24) is 5.32 Å². The Hall–Kier alpha value is -2.53. The second-order valence-corrected chi connectivity index (χ2v) is 4.18. The Morgan fingerprint density at radius 3 is 2.85 bits per heavy atom. The summed E-state index contributed by atoms with van der Waals surface area (Å²) >= 11 is 0. The minimum Gasteiger partial charge on any atom is -0.338 e. The lowest BCUT2D eigenvalue weighted by molar-refractivity contribution is 0.101. The Balaban J connectivity index is 2.33. The summed E-state index contributed by atoms with van der Waals surface area (Å²) < 4.78 is 0. The molecule has 0 fully saturated rings. The second-order valence-electron chi connectivity index (χ2n) is 4.18. The maximum absolute atomic E-state index is 11.6. The average molecular weight is 275 g/mol. The summed E-state index contributed by atoms with van der Waals surface area (Å²) in [7, 11) is 0. The highest BCUT2D eigenvalue weighted by atomic mass is 16.2. The van der Waals surface area contributed by atoms with Crippen LogP contribution < -0.4 is 10.6 Å². The highest BCUT2D eigenvalue weighted by Crippen LogP contribution is 2.10. The Labute approximate surface area is 117 Å². The van der Waals surface area contributed by atoms with Gasteiger partial charge in [0.05, 0.1) is 0 Å². The number of nitrogens with one attached hydrogen (secondary N) is 2. The number of Topliss-reactive ketones (excluding diaryl/α,β-unsaturated/α-hetero) is 1. The first-order valence-electron chi connectivity index (χ1n) is 6.30. The van der Waals surface area contributed by atoms with Crippen LogP contribution in [-0.2, 0) is 0 Å². The lowest BCUT2D eigenvalue weighted by Gasteiger charge is -2.08. The van der Waals surface area contributed by atoms with Gasteiger partial charge in [0.1, 0.15) is 0 Å². The zero-order valence-corrected chi connectivity index (χ0v) is 11.3. The van der Waals surface area contributed by atoms with Gasteiger partial charge in [-0.1, -0.05) is 17.2 Å². The molecule has 0 aliphatic rings. The molecule has 0 saturated heterocycles. The molecule has 106 valence electrons. The summed E-state index contributed by atoms with van der Waals surface area (Å²) in [6.45, 7) is 2.41. The Morgan fingerprint density at radius 2 is 2.15 bits per heavy atom. The summed E-state index contributed by atoms with van der Waals surface area (Å²) in [5.41, 5.74) is 9.22. The molecule has 1 rings (SSSR count). The number of anilines is 1. The molecule has 2 amide bonds. The SMILES string of the molecule is CC(=O)c1cccc(NC(=O)NCCCCN=[N+]=[N-])c1. The highest BCUT2D eigenvalue weighted by molar-refractivity contribution is 5.96. The zero-order chi connectivity index (χ0) is 14.8. The van der Waals surface area contributed by atoms with E-state index in [2.05, 4.69) is 20.7 Å². The van der Waals surface area contributed by atoms with Gasteiger partial charge in [-0.25, -0.2) is 4.79 Å². The van der Waals surface area contributed by atoms with Gasteiger partial charge in [0.15, 0.2) is 5.78 Å². The molecule has 7 nitrogen and oxygen atoms in total. The fraction of sp³-hybridized carbons (Fsp3) is 0.385. The van der Waals surface area contributed by atoms with Gasteiger partial charge in [0, 0.05) is 29.3 Å². The minimum absolute atomic E-state index is 0.0490. The van der Waals surface area contributed by atoms with E-state index in [1.807, 2.05) is 0 Å². The van der Waals surface area contributed by atoms with Crippen molar-refractivity contribution < 1.29 is 9.59 Å². The molecule has 0 aromatic heterocycles. The predicted octanol–water partition coefficient (Wildman–Crippen LogP) is 3.10. The van der Waals surface area contributed by atoms with Gasteiger partial charge in [-0.05, 0) is 37.4 Å². The smallest absolute Gasteiger partial charge is 0.319 e. The number of ketones is 1. The van der Waals surface area contributed by atoms with Crippen molar-refractivity contribution in [2.75, 3.05) is 18.4 Å². The summed E-state index contributed by atoms with van der Waals surface area (Å²) in [5, 5.41) is 8.74. The minimum atomic E-state index is -0.325. The van der Waals surface area contributed by atoms with E-state index in [1.54, 1.807) is 24.3 Å². The summed E-state index contributed by atoms with van der Waals surface area (Å²) in [4.78, 5) is 25.5. The van der Waals surface area contributed by atoms with Crippen molar-refractivity contribution in [2.45, 2.75) is 19.8 Å². The number of carbonyl (C=O) groups excluding carboxylic acids is 2. The van der Waals surface area contributed by atoms with E-state index in [4.69, 9.17) is 5.53 Å². The van der Waals surface area contributed by atoms with Gasteiger partial charge >= 0.3 is 6.03 Å². The standard InChI is InChI=1S/C13H17N5O2/c1-10(19)11-5-4-6-12(9-11)17-13(20)15-7-2-3-8-16-18-14/h4-6,9H,2-3,7-8H2,1H3,(H2,15,17,20). The molecule has 0 atom stereocenters. The maximum atomic E-state index is 11.6. The first-order chi connectivity index (χ1) is 9.63. The number of benzene rings is 1. The number of nitrogens with zero attached hydrogens (tertiary/aromatic N) is 3. The van der Waals surface area contributed by atoms with E-state index in [0.29, 0.717) is 24.3 Å². The van der Waals surface area contributed by atoms with Crippen molar-refractivity contribution in [1.29, 1.82) is 0 Å². The molecule has 0 aliphatic carbocycles. The largest absolute Gasteiger partial charge is 0.338 e. The Morgan fingerprint density at radius 1 is 1.35 bits per heavy atom. The molecule has 0 saturated carbocycles. The molecule has 7 heteroatoms. The highest BCUT2D eigenvalue weighted by Gasteiger charge is 2.03. The monoisotopic (exact) mass is 275 g/mol. The molecule has 0 spiro atoms. The molecule has 20 heavy (non-hydrogen) atoms. The van der Waals surface area contributed by atoms with Gasteiger partial charge in [0.25, 0.3) is 0 Å². The van der Waals surface area contributed by atoms with Crippen molar-refractivity contribution >= 4 is 17.5 Å². The number of urea groups is 1. The molecule has 0 aliphatic heterocycles. The topological polar surface area (TPSA) is 107 Å². The fourth-order valence-electron chi connectivity index (χ4n) is 1.55. The van der Waals surface area contributed by atoms with E-state index >= 15 is 0 Å². The van der Waals surface area contributed by atoms with Crippen LogP contribution in [0.25, 0.3) is 10.4 Å². The third-order valence-electron chi connectivity index (χ3n) is 2.56. The quantitative estimate of drug-likeness (QED) is 0.262. The summed E-state index contributed by atoms with van der Waals surface area (Å²) in [6.07, 6.45) is 1.46. The van der Waals surface area contributed by atoms with Crippen LogP contribution in [0.5, 0.6) is 0 Å². The van der Waals surface area contributed by atoms with E-state index in [9.17, 15) is 9.59 Å². The van der Waals surface area contributed by atoms with E-state index in [1.165, 1.54) is 6.92 Å². The molecule has 0 bridgehead atoms. The van der Waals surface area contributed by atoms with Gasteiger partial charge < -0.3 is 10.6 Å². The third kappa shape index (κ3) is 5.88. The van der Waals surface area contributed by atoms with Crippen LogP contribution in [0.1, 0.15) is 30.1 Å². The van der Waals surface area contributed by atoms with Gasteiger partial charge in [-0.3, -0.25) is 4.79 Å². The van der Waals surface area contributed by atoms with Crippen LogP contribution in [0.4, 0.5) is 10.5 Å². The number of rotatable bonds is 7. The number of hydrogen-bond acceptors (Lipinski definition) is 3. The van der Waals surface area contributed by atoms with Crippen molar-refractivity contribution in [3.05, 3.63) is 40.3 Å². The predicted molar refractivity (Wildman–Crippen MR) is 76.7 cm³/mol. The molecule has 0 unspecified atom stereocenters. The fourth-order valence-corrected chi connectivity index (χ4v) is 1.55. The van der Waals surface area contributed by atoms with Crippen LogP contribution in [0.2, 0.25) is 0 Å². The van der Waals surface area contributed by atoms with Crippen LogP contribution in [0, 0.1) is 0 Å². The second kappa shape index (κ2) is 8.55. The lowest BCUT2D eigenvalue weighted by atomic mass is 10.1. The van der Waals surface area contributed by atoms with Crippen LogP contribution in [0.15, 0.2) is 29.4 Å². The molecule has 0 radical (unpaired) electrons. The molecular weight excluding hydrogens is 258 g/mol. The summed E-state index contributed by atoms with van der Waals surface area (Å²) in [5.74, 6) is -0.0490. The van der Waals surface area contributed by atoms with E-state index in [-0.39, 0.29) is 11.8 Å². The van der Waals surface area contributed by atoms with Crippen LogP contribution in [0.3, 0.4) is 0 Å². The number of hydrogen-bond donors (Lipinski definition) is 2. The molecular formula is C13H17N5O2. The van der Waals surface area contributed by atoms with Gasteiger partial charge in [-0.15, -0.1) is 0 Å². The average Bonchev–Trinajstić information content (AvgIpc) is 2.43. The van der Waals surface area contributed by atoms with Crippen molar-refractivity contribution in [3.63, 3.8) is 0 Å². The number of unbranched alkanes of at least 4 members (excludes halogenated alkanes) is 1. The number of azide groups is 1. The van der Waals surface area contributed by atoms with E-state index in [0.717, 1.165) is 12.8 Å². The number of carbonyl (C=O) groups is 2. The molecule has 1 aromatic carbocycles. The normalized spacial score (nSPS) is 9.45. The zero-order valence-electron chi connectivity index (χ0n) is 11.3. The molecule has 2 N–H and O–H groups in total. The first-order valence-corrected chi connectivity index (χ1v) is 6.30. The Kier molecular flexibility index (Phi) is 6.64. The Bertz CT molecular complexity index is 523. The third-order valence-corrected chi connectivity index (χ3v) is 2.56. The molecule has 1 aromatic rings.